The molecule has 0 saturated heterocycles. The van der Waals surface area contributed by atoms with Crippen LogP contribution < -0.4 is 18.9 Å². The van der Waals surface area contributed by atoms with Crippen molar-refractivity contribution in [1.82, 2.24) is 15.0 Å². The van der Waals surface area contributed by atoms with Crippen molar-refractivity contribution in [3.63, 3.8) is 0 Å². The number of esters is 2. The van der Waals surface area contributed by atoms with Gasteiger partial charge in [-0.3, -0.25) is 29.3 Å². The van der Waals surface area contributed by atoms with E-state index in [2.05, 4.69) is 55.2 Å². The Labute approximate surface area is 491 Å². The van der Waals surface area contributed by atoms with Gasteiger partial charge in [-0.15, -0.1) is 34.0 Å². The fraction of sp³-hybridized carbons (Fsp3) is 0.258. The van der Waals surface area contributed by atoms with Crippen LogP contribution in [0, 0.1) is 38.9 Å². The number of benzene rings is 4. The number of ether oxygens (including phenoxy) is 2. The Morgan fingerprint density at radius 1 is 0.532 bits per heavy atom. The first-order chi connectivity index (χ1) is 36.8. The van der Waals surface area contributed by atoms with Gasteiger partial charge in [0.25, 0.3) is 0 Å². The van der Waals surface area contributed by atoms with Gasteiger partial charge in [0.05, 0.1) is 61.9 Å². The van der Waals surface area contributed by atoms with E-state index in [-0.39, 0.29) is 36.3 Å². The van der Waals surface area contributed by atoms with E-state index < -0.39 is 22.2 Å². The van der Waals surface area contributed by atoms with Crippen LogP contribution in [0.3, 0.4) is 0 Å². The summed E-state index contributed by atoms with van der Waals surface area (Å²) in [6.45, 7) is 15.6. The molecule has 4 aromatic carbocycles. The van der Waals surface area contributed by atoms with Gasteiger partial charge in [-0.05, 0) is 143 Å². The Balaban J connectivity index is 0.000000194. The molecule has 6 heterocycles. The first-order valence-electron chi connectivity index (χ1n) is 25.0. The average Bonchev–Trinajstić information content (AvgIpc) is 4.30. The molecule has 0 unspecified atom stereocenters. The van der Waals surface area contributed by atoms with Gasteiger partial charge >= 0.3 is 36.8 Å². The van der Waals surface area contributed by atoms with Crippen LogP contribution in [0.5, 0.6) is 0 Å². The van der Waals surface area contributed by atoms with Crippen molar-refractivity contribution in [1.29, 1.82) is 10.5 Å². The Bertz CT molecular complexity index is 3970. The number of hydrogen-bond acceptors (Lipinski definition) is 14. The Kier molecular flexibility index (Phi) is 20.2. The van der Waals surface area contributed by atoms with Crippen molar-refractivity contribution in [3.8, 4) is 34.4 Å². The molecule has 0 radical (unpaired) electrons. The molecule has 10 rings (SSSR count). The predicted molar refractivity (Wildman–Crippen MR) is 317 cm³/mol. The molecule has 0 bridgehead atoms. The van der Waals surface area contributed by atoms with Crippen LogP contribution in [0.2, 0.25) is 0 Å². The van der Waals surface area contributed by atoms with Crippen LogP contribution in [0.1, 0.15) is 81.1 Å². The standard InChI is InChI=1S/C25H22N2O2S.C23H18N2O2S.C14H16BrNO2S.Li.H2O/c1-4-29-24(28)25(2,3)12-18-11-17-14-27-15-22(23(17)30-18)21-10-9-16(13-26)19-7-5-6-8-20(19)21;1-23(2,22(26)27)10-16-9-15-12-25-13-20(21(15)28-16)19-8-7-14(11-24)17-5-3-4-6-18(17)19;1-4-18-13(17)14(2,3)6-10-5-9-7-16-8-11(15)12(9)19-10;;/h5-11,14-15H,4,12H2,1-3H3;3-9,12-13H,10H2,1-2H3,(H,26,27);5,7-8H,4,6H2,1-3H3;;1H2/q;;;+1;/p-1. The van der Waals surface area contributed by atoms with Crippen molar-refractivity contribution >= 4 is 120 Å². The third-order valence-electron chi connectivity index (χ3n) is 13.1. The van der Waals surface area contributed by atoms with Gasteiger partial charge in [0.2, 0.25) is 0 Å². The van der Waals surface area contributed by atoms with Gasteiger partial charge in [0.15, 0.2) is 0 Å². The van der Waals surface area contributed by atoms with E-state index in [9.17, 15) is 30.0 Å². The molecule has 12 nitrogen and oxygen atoms in total. The number of carboxylic acid groups (broad SMARTS) is 1. The molecule has 0 atom stereocenters. The molecule has 17 heteroatoms. The van der Waals surface area contributed by atoms with Gasteiger partial charge in [-0.2, -0.15) is 10.5 Å². The number of nitrogens with zero attached hydrogens (tertiary/aromatic N) is 5. The molecule has 0 aliphatic heterocycles. The number of rotatable bonds is 13. The Morgan fingerprint density at radius 2 is 0.886 bits per heavy atom. The summed E-state index contributed by atoms with van der Waals surface area (Å²) in [4.78, 5) is 52.1. The van der Waals surface area contributed by atoms with E-state index in [1.54, 1.807) is 54.1 Å². The summed E-state index contributed by atoms with van der Waals surface area (Å²) in [6.07, 6.45) is 12.8. The molecule has 2 N–H and O–H groups in total. The number of carbonyl (C=O) groups excluding carboxylic acids is 2. The van der Waals surface area contributed by atoms with Gasteiger partial charge < -0.3 is 20.1 Å². The number of carbonyl (C=O) groups is 3. The minimum absolute atomic E-state index is 0. The van der Waals surface area contributed by atoms with Crippen LogP contribution in [0.4, 0.5) is 0 Å². The topological polar surface area (TPSA) is 206 Å². The smallest absolute Gasteiger partial charge is 0.870 e. The second kappa shape index (κ2) is 26.0. The number of thiophene rings is 3. The zero-order chi connectivity index (χ0) is 55.2. The average molecular weight is 1170 g/mol. The molecule has 0 spiro atoms. The van der Waals surface area contributed by atoms with Crippen LogP contribution in [-0.4, -0.2) is 56.7 Å². The largest absolute Gasteiger partial charge is 1.00 e. The maximum atomic E-state index is 12.3. The number of fused-ring (bicyclic) bond motifs is 5. The fourth-order valence-corrected chi connectivity index (χ4v) is 13.7. The van der Waals surface area contributed by atoms with Crippen molar-refractivity contribution in [3.05, 3.63) is 158 Å². The van der Waals surface area contributed by atoms with Crippen molar-refractivity contribution in [2.75, 3.05) is 13.2 Å². The number of aromatic nitrogens is 3. The zero-order valence-electron chi connectivity index (χ0n) is 45.4. The van der Waals surface area contributed by atoms with Gasteiger partial charge in [-0.1, -0.05) is 60.7 Å². The van der Waals surface area contributed by atoms with E-state index in [1.807, 2.05) is 151 Å². The van der Waals surface area contributed by atoms with E-state index in [0.717, 1.165) is 83.6 Å². The van der Waals surface area contributed by atoms with E-state index in [1.165, 1.54) is 9.58 Å². The third kappa shape index (κ3) is 13.6. The number of pyridine rings is 3. The van der Waals surface area contributed by atoms with Crippen LogP contribution in [-0.2, 0) is 43.1 Å². The van der Waals surface area contributed by atoms with E-state index >= 15 is 0 Å². The molecule has 0 saturated carbocycles. The first kappa shape index (κ1) is 61.4. The molecule has 0 fully saturated rings. The molecule has 6 aromatic heterocycles. The van der Waals surface area contributed by atoms with E-state index in [0.29, 0.717) is 43.6 Å². The quantitative estimate of drug-likeness (QED) is 0.0845. The summed E-state index contributed by atoms with van der Waals surface area (Å²) in [5, 5.41) is 35.4. The number of carboxylic acids is 1. The second-order valence-electron chi connectivity index (χ2n) is 20.5. The van der Waals surface area contributed by atoms with Crippen molar-refractivity contribution in [2.45, 2.75) is 74.7 Å². The minimum atomic E-state index is -0.824. The Hall–Kier alpha value is -6.84. The van der Waals surface area contributed by atoms with Gasteiger partial charge in [-0.25, -0.2) is 0 Å². The van der Waals surface area contributed by atoms with Gasteiger partial charge in [0.1, 0.15) is 0 Å². The molecule has 0 aliphatic carbocycles. The molecule has 0 aliphatic rings. The zero-order valence-corrected chi connectivity index (χ0v) is 49.5. The minimum Gasteiger partial charge on any atom is -0.870 e. The molecular formula is C62H57BrLiN5O7S3. The molecular weight excluding hydrogens is 1110 g/mol. The van der Waals surface area contributed by atoms with Crippen molar-refractivity contribution < 1.29 is 53.3 Å². The normalized spacial score (nSPS) is 11.3. The maximum absolute atomic E-state index is 12.3. The Morgan fingerprint density at radius 3 is 1.25 bits per heavy atom. The number of nitriles is 2. The molecule has 79 heavy (non-hydrogen) atoms. The number of halogens is 1. The summed E-state index contributed by atoms with van der Waals surface area (Å²) in [5.74, 6) is -1.13. The van der Waals surface area contributed by atoms with Crippen LogP contribution in [0.15, 0.2) is 133 Å². The van der Waals surface area contributed by atoms with Crippen molar-refractivity contribution in [2.24, 2.45) is 16.2 Å². The van der Waals surface area contributed by atoms with Crippen LogP contribution in [0.25, 0.3) is 74.1 Å². The molecule has 398 valence electrons. The SMILES string of the molecule is CC(C)(Cc1cc2cncc(-c3ccc(C#N)c4ccccc34)c2s1)C(=O)O.CCOC(=O)C(C)(C)Cc1cc2cncc(-c3ccc(C#N)c4ccccc34)c2s1.CCOC(=O)C(C)(C)Cc1cc2cncc(Br)c2s1.[Li+].[OH-]. The third-order valence-corrected chi connectivity index (χ3v) is 17.5. The molecule has 10 aromatic rings. The van der Waals surface area contributed by atoms with Gasteiger partial charge in [0, 0.05) is 99.3 Å². The number of hydrogen-bond donors (Lipinski definition) is 1. The van der Waals surface area contributed by atoms with E-state index in [4.69, 9.17) is 9.47 Å². The monoisotopic (exact) mass is 1170 g/mol. The molecule has 0 amide bonds. The fourth-order valence-electron chi connectivity index (χ4n) is 9.10. The maximum Gasteiger partial charge on any atom is 1.00 e. The predicted octanol–water partition coefficient (Wildman–Crippen LogP) is 12.8. The summed E-state index contributed by atoms with van der Waals surface area (Å²) in [5.41, 5.74) is 3.52. The summed E-state index contributed by atoms with van der Waals surface area (Å²) < 4.78 is 14.7. The van der Waals surface area contributed by atoms with Crippen LogP contribution >= 0.6 is 49.9 Å². The second-order valence-corrected chi connectivity index (χ2v) is 24.7. The summed E-state index contributed by atoms with van der Waals surface area (Å²) in [7, 11) is 0. The number of aliphatic carboxylic acids is 1. The first-order valence-corrected chi connectivity index (χ1v) is 28.2. The summed E-state index contributed by atoms with van der Waals surface area (Å²) in [6, 6.07) is 34.3. The summed E-state index contributed by atoms with van der Waals surface area (Å²) >= 11 is 8.49.